The number of fused-ring (bicyclic) bond motifs is 7. The van der Waals surface area contributed by atoms with E-state index in [4.69, 9.17) is 11.6 Å². The van der Waals surface area contributed by atoms with Crippen LogP contribution in [-0.4, -0.2) is 35.1 Å². The number of rotatable bonds is 2. The van der Waals surface area contributed by atoms with Crippen molar-refractivity contribution in [2.24, 2.45) is 5.92 Å². The zero-order valence-corrected chi connectivity index (χ0v) is 20.4. The molecule has 2 saturated heterocycles. The molecular formula is C29H24ClN3O3. The smallest absolute Gasteiger partial charge is 0.251 e. The summed E-state index contributed by atoms with van der Waals surface area (Å²) in [5.74, 6) is -1.45. The maximum atomic E-state index is 14.5. The second kappa shape index (κ2) is 7.28. The number of benzene rings is 3. The fraction of sp³-hybridized carbons (Fsp3) is 0.276. The molecule has 2 fully saturated rings. The van der Waals surface area contributed by atoms with Crippen LogP contribution in [0.25, 0.3) is 0 Å². The minimum atomic E-state index is -1.45. The molecule has 2 spiro atoms. The van der Waals surface area contributed by atoms with Crippen molar-refractivity contribution in [3.8, 4) is 0 Å². The van der Waals surface area contributed by atoms with Gasteiger partial charge in [-0.05, 0) is 56.1 Å². The third kappa shape index (κ3) is 2.39. The van der Waals surface area contributed by atoms with Crippen LogP contribution in [0, 0.1) is 12.8 Å². The van der Waals surface area contributed by atoms with E-state index in [0.29, 0.717) is 39.6 Å². The number of para-hydroxylation sites is 1. The molecule has 180 valence electrons. The van der Waals surface area contributed by atoms with Crippen molar-refractivity contribution < 1.29 is 14.4 Å². The number of aryl methyl sites for hydroxylation is 1. The van der Waals surface area contributed by atoms with Crippen LogP contribution in [-0.2, 0) is 20.5 Å². The highest BCUT2D eigenvalue weighted by molar-refractivity contribution is 6.31. The van der Waals surface area contributed by atoms with Gasteiger partial charge in [0.25, 0.3) is 5.91 Å². The fourth-order valence-electron chi connectivity index (χ4n) is 7.45. The lowest BCUT2D eigenvalue weighted by atomic mass is 9.57. The van der Waals surface area contributed by atoms with Crippen LogP contribution in [0.1, 0.15) is 39.9 Å². The minimum absolute atomic E-state index is 0.112. The molecule has 0 radical (unpaired) electrons. The van der Waals surface area contributed by atoms with E-state index in [1.165, 1.54) is 0 Å². The summed E-state index contributed by atoms with van der Waals surface area (Å²) in [5.41, 5.74) is 1.40. The predicted octanol–water partition coefficient (Wildman–Crippen LogP) is 4.66. The summed E-state index contributed by atoms with van der Waals surface area (Å²) in [6.07, 6.45) is 1.57. The summed E-state index contributed by atoms with van der Waals surface area (Å²) < 4.78 is 0. The number of amides is 2. The predicted molar refractivity (Wildman–Crippen MR) is 137 cm³/mol. The first-order valence-electron chi connectivity index (χ1n) is 12.3. The van der Waals surface area contributed by atoms with Gasteiger partial charge in [0.2, 0.25) is 5.91 Å². The first kappa shape index (κ1) is 21.8. The number of hydrogen-bond donors (Lipinski definition) is 2. The first-order valence-corrected chi connectivity index (χ1v) is 12.7. The van der Waals surface area contributed by atoms with E-state index in [-0.39, 0.29) is 23.6 Å². The topological polar surface area (TPSA) is 78.5 Å². The molecule has 0 unspecified atom stereocenters. The van der Waals surface area contributed by atoms with Crippen LogP contribution in [0.5, 0.6) is 0 Å². The van der Waals surface area contributed by atoms with Crippen molar-refractivity contribution >= 4 is 40.6 Å². The molecule has 0 bridgehead atoms. The van der Waals surface area contributed by atoms with E-state index < -0.39 is 16.9 Å². The van der Waals surface area contributed by atoms with Gasteiger partial charge in [-0.25, -0.2) is 0 Å². The Hall–Kier alpha value is -3.48. The maximum absolute atomic E-state index is 14.5. The molecule has 7 heteroatoms. The number of nitrogens with zero attached hydrogens (tertiary/aromatic N) is 1. The lowest BCUT2D eigenvalue weighted by molar-refractivity contribution is -0.137. The van der Waals surface area contributed by atoms with Gasteiger partial charge < -0.3 is 10.6 Å². The van der Waals surface area contributed by atoms with Crippen LogP contribution in [0.3, 0.4) is 0 Å². The monoisotopic (exact) mass is 497 g/mol. The summed E-state index contributed by atoms with van der Waals surface area (Å²) in [7, 11) is 0. The molecule has 0 aliphatic carbocycles. The first-order chi connectivity index (χ1) is 17.4. The van der Waals surface area contributed by atoms with Gasteiger partial charge in [-0.15, -0.1) is 0 Å². The molecule has 3 aromatic rings. The molecule has 36 heavy (non-hydrogen) atoms. The summed E-state index contributed by atoms with van der Waals surface area (Å²) >= 11 is 6.49. The van der Waals surface area contributed by atoms with Crippen LogP contribution < -0.4 is 10.6 Å². The van der Waals surface area contributed by atoms with Gasteiger partial charge in [0.1, 0.15) is 11.0 Å². The van der Waals surface area contributed by atoms with Crippen molar-refractivity contribution in [1.82, 2.24) is 4.90 Å². The zero-order chi connectivity index (χ0) is 24.8. The average molecular weight is 498 g/mol. The number of Topliss-reactive ketones (excluding diaryl/α,β-unsaturated/α-hetero) is 1. The molecule has 4 aliphatic heterocycles. The van der Waals surface area contributed by atoms with E-state index in [1.54, 1.807) is 18.2 Å². The summed E-state index contributed by atoms with van der Waals surface area (Å²) in [6, 6.07) is 20.0. The molecule has 6 nitrogen and oxygen atoms in total. The highest BCUT2D eigenvalue weighted by Gasteiger charge is 2.81. The lowest BCUT2D eigenvalue weighted by Crippen LogP contribution is -2.62. The molecule has 0 saturated carbocycles. The normalized spacial score (nSPS) is 29.8. The molecule has 7 rings (SSSR count). The number of anilines is 2. The number of halogens is 1. The fourth-order valence-corrected chi connectivity index (χ4v) is 7.62. The van der Waals surface area contributed by atoms with E-state index >= 15 is 0 Å². The van der Waals surface area contributed by atoms with Crippen LogP contribution in [0.2, 0.25) is 5.02 Å². The number of carbonyl (C=O) groups is 3. The molecule has 4 atom stereocenters. The molecule has 0 aromatic heterocycles. The SMILES string of the molecule is Cc1ccc(C(=O)[C@@H]2[C@@H]3CCCN3[C@]3(C(=O)Nc4ccc(Cl)cc43)[C@]23C(=O)Nc2ccccc23)cc1. The van der Waals surface area contributed by atoms with Crippen molar-refractivity contribution in [2.75, 3.05) is 17.2 Å². The number of hydrogen-bond acceptors (Lipinski definition) is 4. The lowest BCUT2D eigenvalue weighted by Gasteiger charge is -2.43. The third-order valence-corrected chi connectivity index (χ3v) is 8.91. The Morgan fingerprint density at radius 2 is 1.67 bits per heavy atom. The Morgan fingerprint density at radius 3 is 2.47 bits per heavy atom. The van der Waals surface area contributed by atoms with E-state index in [1.807, 2.05) is 55.5 Å². The van der Waals surface area contributed by atoms with Gasteiger partial charge in [-0.1, -0.05) is 59.6 Å². The maximum Gasteiger partial charge on any atom is 0.251 e. The molecule has 4 aliphatic rings. The quantitative estimate of drug-likeness (QED) is 0.505. The largest absolute Gasteiger partial charge is 0.325 e. The van der Waals surface area contributed by atoms with Gasteiger partial charge in [0.15, 0.2) is 5.78 Å². The van der Waals surface area contributed by atoms with Gasteiger partial charge in [-0.2, -0.15) is 0 Å². The van der Waals surface area contributed by atoms with Crippen molar-refractivity contribution in [2.45, 2.75) is 36.8 Å². The van der Waals surface area contributed by atoms with E-state index in [9.17, 15) is 14.4 Å². The van der Waals surface area contributed by atoms with Crippen LogP contribution in [0.15, 0.2) is 66.7 Å². The molecule has 2 amide bonds. The van der Waals surface area contributed by atoms with Gasteiger partial charge >= 0.3 is 0 Å². The molecule has 4 heterocycles. The van der Waals surface area contributed by atoms with Crippen LogP contribution in [0.4, 0.5) is 11.4 Å². The van der Waals surface area contributed by atoms with Crippen molar-refractivity contribution in [3.63, 3.8) is 0 Å². The number of carbonyl (C=O) groups excluding carboxylic acids is 3. The number of nitrogens with one attached hydrogen (secondary N) is 2. The number of ketones is 1. The van der Waals surface area contributed by atoms with Crippen molar-refractivity contribution in [1.29, 1.82) is 0 Å². The summed E-state index contributed by atoms with van der Waals surface area (Å²) in [6.45, 7) is 2.59. The molecule has 3 aromatic carbocycles. The summed E-state index contributed by atoms with van der Waals surface area (Å²) in [5, 5.41) is 6.58. The Kier molecular flexibility index (Phi) is 4.40. The average Bonchev–Trinajstić information content (AvgIpc) is 3.58. The standard InChI is InChI=1S/C29H24ClN3O3/c1-16-8-10-17(11-9-16)25(34)24-23-7-4-14-33(23)29(20-15-18(30)12-13-22(20)32-27(29)36)28(24)19-5-2-3-6-21(19)31-26(28)35/h2-3,5-6,8-13,15,23-24H,4,7,14H2,1H3,(H,31,35)(H,32,36)/t23-,24-,28-,29+/m0/s1. The van der Waals surface area contributed by atoms with E-state index in [0.717, 1.165) is 18.4 Å². The van der Waals surface area contributed by atoms with Gasteiger partial charge in [0, 0.05) is 33.6 Å². The Labute approximate surface area is 213 Å². The zero-order valence-electron chi connectivity index (χ0n) is 19.7. The van der Waals surface area contributed by atoms with Crippen molar-refractivity contribution in [3.05, 3.63) is 94.0 Å². The Morgan fingerprint density at radius 1 is 0.944 bits per heavy atom. The Balaban J connectivity index is 1.59. The highest BCUT2D eigenvalue weighted by atomic mass is 35.5. The Bertz CT molecular complexity index is 1490. The van der Waals surface area contributed by atoms with Crippen LogP contribution >= 0.6 is 11.6 Å². The van der Waals surface area contributed by atoms with E-state index in [2.05, 4.69) is 15.5 Å². The second-order valence-corrected chi connectivity index (χ2v) is 10.7. The molecular weight excluding hydrogens is 474 g/mol. The highest BCUT2D eigenvalue weighted by Crippen LogP contribution is 2.67. The minimum Gasteiger partial charge on any atom is -0.325 e. The third-order valence-electron chi connectivity index (χ3n) is 8.68. The van der Waals surface area contributed by atoms with Gasteiger partial charge in [-0.3, -0.25) is 19.3 Å². The molecule has 2 N–H and O–H groups in total. The summed E-state index contributed by atoms with van der Waals surface area (Å²) in [4.78, 5) is 45.3. The van der Waals surface area contributed by atoms with Gasteiger partial charge in [0.05, 0.1) is 5.92 Å². The second-order valence-electron chi connectivity index (χ2n) is 10.3.